The summed E-state index contributed by atoms with van der Waals surface area (Å²) in [5.74, 6) is -46.1. The van der Waals surface area contributed by atoms with Gasteiger partial charge in [0.05, 0.1) is 111 Å². The van der Waals surface area contributed by atoms with Gasteiger partial charge < -0.3 is 80.2 Å². The van der Waals surface area contributed by atoms with Gasteiger partial charge in [-0.05, 0) is 92.0 Å². The van der Waals surface area contributed by atoms with E-state index in [9.17, 15) is 128 Å². The molecule has 36 heteroatoms. The van der Waals surface area contributed by atoms with E-state index in [0.29, 0.717) is 60.7 Å². The van der Waals surface area contributed by atoms with Crippen molar-refractivity contribution in [3.63, 3.8) is 0 Å². The number of benzene rings is 10. The summed E-state index contributed by atoms with van der Waals surface area (Å²) in [5.41, 5.74) is -38.2. The van der Waals surface area contributed by atoms with Crippen molar-refractivity contribution in [2.45, 2.75) is 0 Å². The quantitative estimate of drug-likeness (QED) is 0.0144. The van der Waals surface area contributed by atoms with E-state index in [-0.39, 0.29) is 22.3 Å². The first kappa shape index (κ1) is 80.9. The lowest BCUT2D eigenvalue weighted by molar-refractivity contribution is 0.0353. The van der Waals surface area contributed by atoms with E-state index >= 15 is 28.8 Å². The van der Waals surface area contributed by atoms with Gasteiger partial charge in [0.25, 0.3) is 0 Å². The average Bonchev–Trinajstić information content (AvgIpc) is 0.763. The minimum Gasteiger partial charge on any atom is -0.478 e. The molecule has 10 aromatic carbocycles. The maximum absolute atomic E-state index is 15.7. The first-order valence-corrected chi connectivity index (χ1v) is 32.1. The molecule has 0 unspecified atom stereocenters. The van der Waals surface area contributed by atoms with E-state index in [1.54, 1.807) is 0 Å². The van der Waals surface area contributed by atoms with Gasteiger partial charge >= 0.3 is 119 Å². The normalized spacial score (nSPS) is 10.7. The van der Waals surface area contributed by atoms with E-state index in [0.717, 1.165) is 48.5 Å². The lowest BCUT2D eigenvalue weighted by atomic mass is 9.87. The van der Waals surface area contributed by atoms with Gasteiger partial charge in [0.15, 0.2) is 0 Å². The van der Waals surface area contributed by atoms with Crippen molar-refractivity contribution in [1.82, 2.24) is 0 Å². The number of ether oxygens (including phenoxy) is 4. The summed E-state index contributed by atoms with van der Waals surface area (Å²) in [5, 5.41) is 125. The Labute approximate surface area is 641 Å². The summed E-state index contributed by atoms with van der Waals surface area (Å²) in [4.78, 5) is 278. The molecule has 0 spiro atoms. The zero-order valence-electron chi connectivity index (χ0n) is 57.5. The van der Waals surface area contributed by atoms with Crippen molar-refractivity contribution >= 4 is 119 Å². The Morgan fingerprint density at radius 2 is 0.336 bits per heavy atom. The number of esters is 8. The Bertz CT molecular complexity index is 5760. The van der Waals surface area contributed by atoms with Gasteiger partial charge in [-0.15, -0.1) is 0 Å². The molecule has 0 heterocycles. The van der Waals surface area contributed by atoms with Crippen molar-refractivity contribution in [3.05, 3.63) is 293 Å². The van der Waals surface area contributed by atoms with Crippen LogP contribution in [0.15, 0.2) is 182 Å². The smallest absolute Gasteiger partial charge is 0.347 e. The van der Waals surface area contributed by atoms with Gasteiger partial charge in [-0.3, -0.25) is 0 Å². The van der Waals surface area contributed by atoms with E-state index < -0.39 is 264 Å². The molecule has 578 valence electrons. The van der Waals surface area contributed by atoms with Crippen LogP contribution in [0.1, 0.15) is 207 Å². The van der Waals surface area contributed by atoms with Gasteiger partial charge in [-0.1, -0.05) is 146 Å². The minimum atomic E-state index is -2.43. The molecule has 0 radical (unpaired) electrons. The summed E-state index contributed by atoms with van der Waals surface area (Å²) < 4.78 is 21.0. The molecular weight excluding hydrogens is 1540 g/mol. The zero-order chi connectivity index (χ0) is 84.9. The lowest BCUT2D eigenvalue weighted by Crippen LogP contribution is -2.26. The van der Waals surface area contributed by atoms with Crippen LogP contribution in [0.2, 0.25) is 0 Å². The monoisotopic (exact) mass is 1580 g/mol. The van der Waals surface area contributed by atoms with Crippen LogP contribution in [-0.4, -0.2) is 181 Å². The number of rotatable bonds is 25. The molecule has 10 aromatic rings. The molecular formula is C80H42O36. The summed E-state index contributed by atoms with van der Waals surface area (Å²) in [6.07, 6.45) is 0. The first-order chi connectivity index (χ1) is 54.9. The van der Waals surface area contributed by atoms with Crippen LogP contribution in [0.4, 0.5) is 0 Å². The molecule has 0 amide bonds. The number of aromatic carboxylic acids is 12. The maximum atomic E-state index is 15.7. The fourth-order valence-corrected chi connectivity index (χ4v) is 12.5. The van der Waals surface area contributed by atoms with Crippen LogP contribution < -0.4 is 0 Å². The molecule has 0 aromatic heterocycles. The average molecular weight is 1580 g/mol. The molecule has 0 bridgehead atoms. The van der Waals surface area contributed by atoms with Gasteiger partial charge in [-0.2, -0.15) is 0 Å². The number of carbonyl (C=O) groups is 20. The predicted molar refractivity (Wildman–Crippen MR) is 382 cm³/mol. The van der Waals surface area contributed by atoms with E-state index in [1.165, 1.54) is 72.8 Å². The highest BCUT2D eigenvalue weighted by atomic mass is 16.6. The molecule has 0 atom stereocenters. The third kappa shape index (κ3) is 15.4. The SMILES string of the molecule is O=C(OC(=O)c1c(-c2ccccc2)cc(C(=O)O)c(C(=O)O)c1C(=O)O)c1cccc(-c2cccc(C(=O)OC(=O)c3c(-c4ccccc4)cc(C(=O)O)c(C(=O)O)c3C(=O)O)c2C(=O)OC(=O)c2c(-c3ccccc3)cc(C(=O)O)c(C(=O)O)c2C(=O)O)c1C(=O)OC(=O)c1c(-c2ccccc2)cc(C(=O)O)c(C(=O)O)c1C(=O)O. The molecule has 116 heavy (non-hydrogen) atoms. The third-order valence-electron chi connectivity index (χ3n) is 17.1. The second-order valence-corrected chi connectivity index (χ2v) is 23.7. The van der Waals surface area contributed by atoms with E-state index in [4.69, 9.17) is 18.9 Å². The fourth-order valence-electron chi connectivity index (χ4n) is 12.5. The molecule has 36 nitrogen and oxygen atoms in total. The van der Waals surface area contributed by atoms with Crippen LogP contribution in [0.3, 0.4) is 0 Å². The molecule has 10 rings (SSSR count). The van der Waals surface area contributed by atoms with Gasteiger partial charge in [0.1, 0.15) is 0 Å². The largest absolute Gasteiger partial charge is 0.478 e. The Morgan fingerprint density at radius 3 is 0.517 bits per heavy atom. The highest BCUT2D eigenvalue weighted by Gasteiger charge is 2.43. The molecule has 0 saturated heterocycles. The summed E-state index contributed by atoms with van der Waals surface area (Å²) >= 11 is 0. The second-order valence-electron chi connectivity index (χ2n) is 23.7. The third-order valence-corrected chi connectivity index (χ3v) is 17.1. The van der Waals surface area contributed by atoms with Gasteiger partial charge in [0.2, 0.25) is 0 Å². The van der Waals surface area contributed by atoms with E-state index in [1.807, 2.05) is 0 Å². The van der Waals surface area contributed by atoms with Crippen molar-refractivity contribution in [2.24, 2.45) is 0 Å². The van der Waals surface area contributed by atoms with Crippen LogP contribution in [0.5, 0.6) is 0 Å². The highest BCUT2D eigenvalue weighted by Crippen LogP contribution is 2.41. The number of carboxylic acids is 12. The summed E-state index contributed by atoms with van der Waals surface area (Å²) in [7, 11) is 0. The molecule has 0 aliphatic rings. The molecule has 0 fully saturated rings. The van der Waals surface area contributed by atoms with Crippen LogP contribution in [0.25, 0.3) is 55.6 Å². The standard InChI is InChI=1S/C80H42O36/c81-61(82)43-27-39(31-15-5-1-6-16-31)53(57(69(97)98)49(43)65(89)90)77(109)113-73(105)37-25-13-23-35(47(37)75(107)115-79(111)55-41(33-19-9-3-10-20-33)29-45(63(85)86)51(67(93)94)59(55)71(101)102)36-24-14-26-38(74(106)114-78(110)54-40(32-17-7-2-8-18-32)28-44(62(83)84)50(66(91)92)58(54)70(99)100)48(36)76(108)116-80(112)56-42(34-21-11-4-12-22-34)30-46(64(87)88)52(68(95)96)60(56)72(103)104/h1-30H,(H,81,82)(H,83,84)(H,85,86)(H,87,88)(H,89,90)(H,91,92)(H,93,94)(H,95,96)(H,97,98)(H,99,100)(H,101,102)(H,103,104). The van der Waals surface area contributed by atoms with Crippen molar-refractivity contribution < 1.29 is 176 Å². The van der Waals surface area contributed by atoms with Crippen molar-refractivity contribution in [2.75, 3.05) is 0 Å². The summed E-state index contributed by atoms with van der Waals surface area (Å²) in [6.45, 7) is 0. The molecule has 0 aliphatic heterocycles. The lowest BCUT2D eigenvalue weighted by Gasteiger charge is -2.20. The predicted octanol–water partition coefficient (Wildman–Crippen LogP) is 10.4. The number of hydrogen-bond donors (Lipinski definition) is 12. The second kappa shape index (κ2) is 32.7. The first-order valence-electron chi connectivity index (χ1n) is 32.1. The number of carbonyl (C=O) groups excluding carboxylic acids is 8. The minimum absolute atomic E-state index is 0.301. The Morgan fingerprint density at radius 1 is 0.155 bits per heavy atom. The van der Waals surface area contributed by atoms with Gasteiger partial charge in [-0.25, -0.2) is 95.9 Å². The molecule has 0 saturated carbocycles. The van der Waals surface area contributed by atoms with Crippen molar-refractivity contribution in [1.29, 1.82) is 0 Å². The van der Waals surface area contributed by atoms with Crippen LogP contribution in [-0.2, 0) is 18.9 Å². The number of carboxylic acid groups (broad SMARTS) is 12. The topological polar surface area (TPSA) is 621 Å². The zero-order valence-corrected chi connectivity index (χ0v) is 57.5. The molecule has 12 N–H and O–H groups in total. The molecule has 0 aliphatic carbocycles. The highest BCUT2D eigenvalue weighted by molar-refractivity contribution is 6.26. The van der Waals surface area contributed by atoms with Crippen molar-refractivity contribution in [3.8, 4) is 55.6 Å². The summed E-state index contributed by atoms with van der Waals surface area (Å²) in [6, 6.07) is 29.2. The Balaban J connectivity index is 1.29. The maximum Gasteiger partial charge on any atom is 0.347 e. The Hall–Kier alpha value is -17.6. The van der Waals surface area contributed by atoms with Crippen LogP contribution >= 0.6 is 0 Å². The van der Waals surface area contributed by atoms with E-state index in [2.05, 4.69) is 0 Å². The van der Waals surface area contributed by atoms with Crippen LogP contribution in [0, 0.1) is 0 Å². The fraction of sp³-hybridized carbons (Fsp3) is 0. The van der Waals surface area contributed by atoms with Gasteiger partial charge in [0, 0.05) is 0 Å². The Kier molecular flexibility index (Phi) is 22.8. The number of hydrogen-bond acceptors (Lipinski definition) is 24.